The van der Waals surface area contributed by atoms with Crippen molar-refractivity contribution in [2.24, 2.45) is 12.8 Å². The molecular formula is C12H20N4S2. The molecule has 6 heteroatoms. The van der Waals surface area contributed by atoms with E-state index >= 15 is 0 Å². The van der Waals surface area contributed by atoms with E-state index in [2.05, 4.69) is 22.2 Å². The summed E-state index contributed by atoms with van der Waals surface area (Å²) in [5, 5.41) is 8.53. The van der Waals surface area contributed by atoms with Gasteiger partial charge in [0.15, 0.2) is 0 Å². The molecule has 1 saturated heterocycles. The summed E-state index contributed by atoms with van der Waals surface area (Å²) in [4.78, 5) is 0.416. The van der Waals surface area contributed by atoms with Crippen LogP contribution in [-0.2, 0) is 7.05 Å². The molecule has 0 radical (unpaired) electrons. The molecule has 100 valence electrons. The van der Waals surface area contributed by atoms with Gasteiger partial charge in [0.2, 0.25) is 0 Å². The van der Waals surface area contributed by atoms with Crippen molar-refractivity contribution in [3.8, 4) is 0 Å². The Morgan fingerprint density at radius 3 is 3.00 bits per heavy atom. The van der Waals surface area contributed by atoms with E-state index in [0.29, 0.717) is 10.2 Å². The summed E-state index contributed by atoms with van der Waals surface area (Å²) in [6.07, 6.45) is 3.98. The van der Waals surface area contributed by atoms with Gasteiger partial charge >= 0.3 is 0 Å². The standard InChI is InChI=1S/C12H20N4S2/c1-8-10(11(13)17)12(16(2)15-8)14-7-9-5-3-4-6-18-9/h9,14H,3-7H2,1-2H3,(H2,13,17). The van der Waals surface area contributed by atoms with Gasteiger partial charge in [-0.15, -0.1) is 0 Å². The van der Waals surface area contributed by atoms with Gasteiger partial charge in [0.1, 0.15) is 10.8 Å². The molecule has 1 unspecified atom stereocenters. The van der Waals surface area contributed by atoms with Crippen molar-refractivity contribution in [3.05, 3.63) is 11.3 Å². The molecule has 1 aromatic rings. The minimum Gasteiger partial charge on any atom is -0.389 e. The van der Waals surface area contributed by atoms with Gasteiger partial charge in [-0.05, 0) is 25.5 Å². The van der Waals surface area contributed by atoms with Crippen LogP contribution in [0, 0.1) is 6.92 Å². The molecule has 0 aromatic carbocycles. The normalized spacial score (nSPS) is 19.8. The monoisotopic (exact) mass is 284 g/mol. The molecule has 1 aliphatic rings. The second kappa shape index (κ2) is 5.93. The first kappa shape index (κ1) is 13.7. The number of aromatic nitrogens is 2. The number of rotatable bonds is 4. The van der Waals surface area contributed by atoms with Gasteiger partial charge < -0.3 is 11.1 Å². The Kier molecular flexibility index (Phi) is 4.50. The van der Waals surface area contributed by atoms with Crippen molar-refractivity contribution in [1.82, 2.24) is 9.78 Å². The third kappa shape index (κ3) is 2.98. The highest BCUT2D eigenvalue weighted by atomic mass is 32.2. The zero-order valence-corrected chi connectivity index (χ0v) is 12.5. The van der Waals surface area contributed by atoms with Gasteiger partial charge in [0, 0.05) is 18.8 Å². The predicted octanol–water partition coefficient (Wildman–Crippen LogP) is 2.06. The van der Waals surface area contributed by atoms with E-state index in [9.17, 15) is 0 Å². The molecule has 1 fully saturated rings. The lowest BCUT2D eigenvalue weighted by molar-refractivity contribution is 0.672. The molecule has 1 aromatic heterocycles. The fourth-order valence-corrected chi connectivity index (χ4v) is 3.82. The Morgan fingerprint density at radius 2 is 2.39 bits per heavy atom. The van der Waals surface area contributed by atoms with Gasteiger partial charge in [-0.1, -0.05) is 18.6 Å². The van der Waals surface area contributed by atoms with E-state index in [1.807, 2.05) is 18.7 Å². The van der Waals surface area contributed by atoms with Crippen LogP contribution in [0.4, 0.5) is 5.82 Å². The van der Waals surface area contributed by atoms with Gasteiger partial charge in [0.25, 0.3) is 0 Å². The molecule has 2 rings (SSSR count). The molecule has 0 bridgehead atoms. The third-order valence-electron chi connectivity index (χ3n) is 3.24. The van der Waals surface area contributed by atoms with Crippen LogP contribution in [0.5, 0.6) is 0 Å². The summed E-state index contributed by atoms with van der Waals surface area (Å²) in [6, 6.07) is 0. The summed E-state index contributed by atoms with van der Waals surface area (Å²) in [6.45, 7) is 2.90. The minimum absolute atomic E-state index is 0.416. The first-order valence-electron chi connectivity index (χ1n) is 6.28. The molecule has 0 spiro atoms. The fourth-order valence-electron chi connectivity index (χ4n) is 2.33. The smallest absolute Gasteiger partial charge is 0.134 e. The average Bonchev–Trinajstić information content (AvgIpc) is 2.62. The SMILES string of the molecule is Cc1nn(C)c(NCC2CCCCS2)c1C(N)=S. The van der Waals surface area contributed by atoms with Crippen LogP contribution < -0.4 is 11.1 Å². The number of hydrogen-bond donors (Lipinski definition) is 2. The number of aryl methyl sites for hydroxylation is 2. The maximum Gasteiger partial charge on any atom is 0.134 e. The highest BCUT2D eigenvalue weighted by Crippen LogP contribution is 2.26. The molecule has 3 N–H and O–H groups in total. The van der Waals surface area contributed by atoms with Crippen LogP contribution in [0.25, 0.3) is 0 Å². The van der Waals surface area contributed by atoms with Gasteiger partial charge in [-0.2, -0.15) is 16.9 Å². The fraction of sp³-hybridized carbons (Fsp3) is 0.667. The molecule has 1 aliphatic heterocycles. The van der Waals surface area contributed by atoms with Crippen molar-refractivity contribution in [3.63, 3.8) is 0 Å². The Bertz CT molecular complexity index is 436. The van der Waals surface area contributed by atoms with Crippen molar-refractivity contribution >= 4 is 34.8 Å². The number of nitrogens with two attached hydrogens (primary N) is 1. The van der Waals surface area contributed by atoms with Crippen LogP contribution in [0.1, 0.15) is 30.5 Å². The lowest BCUT2D eigenvalue weighted by Crippen LogP contribution is -2.22. The second-order valence-electron chi connectivity index (χ2n) is 4.67. The van der Waals surface area contributed by atoms with E-state index in [1.54, 1.807) is 0 Å². The first-order chi connectivity index (χ1) is 8.59. The zero-order chi connectivity index (χ0) is 13.1. The van der Waals surface area contributed by atoms with Crippen molar-refractivity contribution in [2.45, 2.75) is 31.4 Å². The number of nitrogens with zero attached hydrogens (tertiary/aromatic N) is 2. The van der Waals surface area contributed by atoms with Gasteiger partial charge in [-0.25, -0.2) is 0 Å². The maximum absolute atomic E-state index is 5.77. The predicted molar refractivity (Wildman–Crippen MR) is 82.4 cm³/mol. The number of thioether (sulfide) groups is 1. The van der Waals surface area contributed by atoms with Crippen LogP contribution in [0.15, 0.2) is 0 Å². The highest BCUT2D eigenvalue weighted by molar-refractivity contribution is 7.99. The van der Waals surface area contributed by atoms with Crippen LogP contribution >= 0.6 is 24.0 Å². The topological polar surface area (TPSA) is 55.9 Å². The zero-order valence-electron chi connectivity index (χ0n) is 10.9. The molecule has 1 atom stereocenters. The summed E-state index contributed by atoms with van der Waals surface area (Å²) in [5.74, 6) is 2.23. The second-order valence-corrected chi connectivity index (χ2v) is 6.51. The highest BCUT2D eigenvalue weighted by Gasteiger charge is 2.18. The lowest BCUT2D eigenvalue weighted by atomic mass is 10.2. The van der Waals surface area contributed by atoms with E-state index in [1.165, 1.54) is 25.0 Å². The summed E-state index contributed by atoms with van der Waals surface area (Å²) in [7, 11) is 1.92. The molecular weight excluding hydrogens is 264 g/mol. The summed E-state index contributed by atoms with van der Waals surface area (Å²) < 4.78 is 1.83. The molecule has 0 amide bonds. The lowest BCUT2D eigenvalue weighted by Gasteiger charge is -2.22. The Morgan fingerprint density at radius 1 is 1.61 bits per heavy atom. The quantitative estimate of drug-likeness (QED) is 0.829. The van der Waals surface area contributed by atoms with Crippen molar-refractivity contribution < 1.29 is 0 Å². The van der Waals surface area contributed by atoms with Gasteiger partial charge in [0.05, 0.1) is 11.3 Å². The van der Waals surface area contributed by atoms with Crippen molar-refractivity contribution in [2.75, 3.05) is 17.6 Å². The van der Waals surface area contributed by atoms with E-state index < -0.39 is 0 Å². The van der Waals surface area contributed by atoms with Crippen LogP contribution in [-0.4, -0.2) is 32.3 Å². The number of thiocarbonyl (C=S) groups is 1. The molecule has 0 aliphatic carbocycles. The van der Waals surface area contributed by atoms with Crippen LogP contribution in [0.2, 0.25) is 0 Å². The van der Waals surface area contributed by atoms with Crippen molar-refractivity contribution in [1.29, 1.82) is 0 Å². The number of nitrogens with one attached hydrogen (secondary N) is 1. The molecule has 0 saturated carbocycles. The number of anilines is 1. The maximum atomic E-state index is 5.77. The Labute approximate surface area is 118 Å². The van der Waals surface area contributed by atoms with Crippen LogP contribution in [0.3, 0.4) is 0 Å². The van der Waals surface area contributed by atoms with E-state index in [-0.39, 0.29) is 0 Å². The molecule has 18 heavy (non-hydrogen) atoms. The largest absolute Gasteiger partial charge is 0.389 e. The Hall–Kier alpha value is -0.750. The van der Waals surface area contributed by atoms with Gasteiger partial charge in [-0.3, -0.25) is 4.68 Å². The van der Waals surface area contributed by atoms with E-state index in [4.69, 9.17) is 18.0 Å². The average molecular weight is 284 g/mol. The first-order valence-corrected chi connectivity index (χ1v) is 7.74. The Balaban J connectivity index is 2.06. The minimum atomic E-state index is 0.416. The third-order valence-corrected chi connectivity index (χ3v) is 4.84. The summed E-state index contributed by atoms with van der Waals surface area (Å²) >= 11 is 7.15. The molecule has 4 nitrogen and oxygen atoms in total. The summed E-state index contributed by atoms with van der Waals surface area (Å²) in [5.41, 5.74) is 7.55. The number of hydrogen-bond acceptors (Lipinski definition) is 4. The van der Waals surface area contributed by atoms with E-state index in [0.717, 1.165) is 23.6 Å². The molecule has 2 heterocycles.